The van der Waals surface area contributed by atoms with Crippen LogP contribution in [0.1, 0.15) is 18.9 Å². The maximum atomic E-state index is 2.45. The van der Waals surface area contributed by atoms with Crippen molar-refractivity contribution in [2.45, 2.75) is 13.3 Å². The van der Waals surface area contributed by atoms with Crippen LogP contribution < -0.4 is 4.90 Å². The molecule has 1 unspecified atom stereocenters. The Morgan fingerprint density at radius 3 is 1.73 bits per heavy atom. The fraction of sp³-hybridized carbons (Fsp3) is 0.0462. The predicted molar refractivity (Wildman–Crippen MR) is 286 cm³/mol. The van der Waals surface area contributed by atoms with Gasteiger partial charge < -0.3 is 9.47 Å². The van der Waals surface area contributed by atoms with Crippen molar-refractivity contribution in [1.82, 2.24) is 4.57 Å². The van der Waals surface area contributed by atoms with Gasteiger partial charge in [0, 0.05) is 39.1 Å². The SMILES string of the molecule is CC1C=CC=C(c2ccc(N(c3ccc(-c4ccc(-c5cccc6ccccc56)cc4)cc3)c3cccc(-c4ccc(-c5ccccc5)c5c4c4ccccc4n5-c4ccccc4)c3)cc2)C1. The van der Waals surface area contributed by atoms with Crippen LogP contribution in [-0.4, -0.2) is 4.57 Å². The Balaban J connectivity index is 0.977. The van der Waals surface area contributed by atoms with Crippen LogP contribution in [0.2, 0.25) is 0 Å². The Hall–Kier alpha value is -8.46. The van der Waals surface area contributed by atoms with Crippen molar-refractivity contribution in [3.8, 4) is 50.2 Å². The van der Waals surface area contributed by atoms with Gasteiger partial charge >= 0.3 is 0 Å². The zero-order chi connectivity index (χ0) is 44.7. The Morgan fingerprint density at radius 2 is 0.985 bits per heavy atom. The fourth-order valence-corrected chi connectivity index (χ4v) is 10.3. The first-order chi connectivity index (χ1) is 33.1. The van der Waals surface area contributed by atoms with E-state index in [0.717, 1.165) is 34.7 Å². The number of fused-ring (bicyclic) bond motifs is 4. The maximum Gasteiger partial charge on any atom is 0.0625 e. The Morgan fingerprint density at radius 1 is 0.418 bits per heavy atom. The Labute approximate surface area is 392 Å². The molecule has 1 aromatic heterocycles. The van der Waals surface area contributed by atoms with Crippen molar-refractivity contribution in [3.63, 3.8) is 0 Å². The lowest BCUT2D eigenvalue weighted by Crippen LogP contribution is -2.10. The third kappa shape index (κ3) is 7.43. The second-order valence-electron chi connectivity index (χ2n) is 17.8. The van der Waals surface area contributed by atoms with Gasteiger partial charge in [0.1, 0.15) is 0 Å². The van der Waals surface area contributed by atoms with Crippen molar-refractivity contribution in [1.29, 1.82) is 0 Å². The van der Waals surface area contributed by atoms with Gasteiger partial charge in [-0.05, 0) is 128 Å². The van der Waals surface area contributed by atoms with Gasteiger partial charge in [0.2, 0.25) is 0 Å². The standard InChI is InChI=1S/C65H48N2/c1-45-15-12-20-52(43-45)48-35-39-56(40-36-48)66(55-37-33-47(34-38-55)46-29-31-51(32-30-46)59-27-14-19-49-18-8-9-25-58(49)59)57-24-13-21-53(44-57)60-41-42-61(50-16-4-2-5-17-50)65-64(60)62-26-10-11-28-63(62)67(65)54-22-6-3-7-23-54/h2-42,44-45H,43H2,1H3. The van der Waals surface area contributed by atoms with Crippen LogP contribution in [0.25, 0.3) is 88.3 Å². The van der Waals surface area contributed by atoms with Gasteiger partial charge in [0.05, 0.1) is 11.0 Å². The van der Waals surface area contributed by atoms with E-state index in [9.17, 15) is 0 Å². The summed E-state index contributed by atoms with van der Waals surface area (Å²) < 4.78 is 2.45. The van der Waals surface area contributed by atoms with Gasteiger partial charge in [-0.3, -0.25) is 0 Å². The van der Waals surface area contributed by atoms with E-state index >= 15 is 0 Å². The summed E-state index contributed by atoms with van der Waals surface area (Å²) in [5.74, 6) is 0.529. The number of rotatable bonds is 9. The van der Waals surface area contributed by atoms with E-state index in [4.69, 9.17) is 0 Å². The highest BCUT2D eigenvalue weighted by Gasteiger charge is 2.22. The van der Waals surface area contributed by atoms with Crippen LogP contribution >= 0.6 is 0 Å². The van der Waals surface area contributed by atoms with Crippen molar-refractivity contribution in [3.05, 3.63) is 260 Å². The molecule has 0 saturated heterocycles. The van der Waals surface area contributed by atoms with Crippen LogP contribution in [0, 0.1) is 5.92 Å². The largest absolute Gasteiger partial charge is 0.310 e. The molecule has 1 aliphatic rings. The molecule has 1 aliphatic carbocycles. The topological polar surface area (TPSA) is 8.17 Å². The molecule has 0 aliphatic heterocycles. The molecular formula is C65H48N2. The Bertz CT molecular complexity index is 3630. The second-order valence-corrected chi connectivity index (χ2v) is 17.8. The summed E-state index contributed by atoms with van der Waals surface area (Å²) in [6.07, 6.45) is 7.80. The smallest absolute Gasteiger partial charge is 0.0625 e. The van der Waals surface area contributed by atoms with E-state index < -0.39 is 0 Å². The zero-order valence-corrected chi connectivity index (χ0v) is 37.4. The molecule has 0 bridgehead atoms. The molecule has 1 atom stereocenters. The summed E-state index contributed by atoms with van der Waals surface area (Å²) in [5, 5.41) is 5.00. The lowest BCUT2D eigenvalue weighted by atomic mass is 9.91. The predicted octanol–water partition coefficient (Wildman–Crippen LogP) is 18.1. The molecular weight excluding hydrogens is 809 g/mol. The number of para-hydroxylation sites is 2. The molecule has 12 rings (SSSR count). The van der Waals surface area contributed by atoms with Gasteiger partial charge in [-0.1, -0.05) is 207 Å². The van der Waals surface area contributed by atoms with Crippen LogP contribution in [-0.2, 0) is 0 Å². The molecule has 2 heteroatoms. The minimum Gasteiger partial charge on any atom is -0.310 e. The number of benzene rings is 10. The summed E-state index contributed by atoms with van der Waals surface area (Å²) in [7, 11) is 0. The molecule has 0 amide bonds. The lowest BCUT2D eigenvalue weighted by Gasteiger charge is -2.27. The number of nitrogens with zero attached hydrogens (tertiary/aromatic N) is 2. The molecule has 10 aromatic carbocycles. The van der Waals surface area contributed by atoms with Crippen LogP contribution in [0.15, 0.2) is 255 Å². The number of hydrogen-bond acceptors (Lipinski definition) is 1. The van der Waals surface area contributed by atoms with E-state index in [1.165, 1.54) is 82.7 Å². The van der Waals surface area contributed by atoms with E-state index in [-0.39, 0.29) is 0 Å². The van der Waals surface area contributed by atoms with Gasteiger partial charge in [-0.2, -0.15) is 0 Å². The number of hydrogen-bond donors (Lipinski definition) is 0. The molecule has 318 valence electrons. The summed E-state index contributed by atoms with van der Waals surface area (Å²) in [6.45, 7) is 2.29. The maximum absolute atomic E-state index is 2.45. The van der Waals surface area contributed by atoms with E-state index in [2.05, 4.69) is 271 Å². The average molecular weight is 857 g/mol. The normalized spacial score (nSPS) is 13.6. The van der Waals surface area contributed by atoms with Crippen molar-refractivity contribution in [2.24, 2.45) is 5.92 Å². The first-order valence-electron chi connectivity index (χ1n) is 23.4. The molecule has 0 fully saturated rings. The van der Waals surface area contributed by atoms with Crippen LogP contribution in [0.3, 0.4) is 0 Å². The highest BCUT2D eigenvalue weighted by molar-refractivity contribution is 6.19. The van der Waals surface area contributed by atoms with Crippen molar-refractivity contribution < 1.29 is 0 Å². The average Bonchev–Trinajstić information content (AvgIpc) is 3.75. The van der Waals surface area contributed by atoms with Crippen molar-refractivity contribution in [2.75, 3.05) is 4.90 Å². The third-order valence-electron chi connectivity index (χ3n) is 13.5. The molecule has 0 radical (unpaired) electrons. The third-order valence-corrected chi connectivity index (χ3v) is 13.5. The molecule has 67 heavy (non-hydrogen) atoms. The monoisotopic (exact) mass is 856 g/mol. The lowest BCUT2D eigenvalue weighted by molar-refractivity contribution is 0.749. The van der Waals surface area contributed by atoms with Gasteiger partial charge in [0.25, 0.3) is 0 Å². The number of aromatic nitrogens is 1. The van der Waals surface area contributed by atoms with Crippen LogP contribution in [0.4, 0.5) is 17.1 Å². The molecule has 0 saturated carbocycles. The summed E-state index contributed by atoms with van der Waals surface area (Å²) in [6, 6.07) is 86.6. The van der Waals surface area contributed by atoms with Crippen LogP contribution in [0.5, 0.6) is 0 Å². The van der Waals surface area contributed by atoms with Crippen molar-refractivity contribution >= 4 is 55.2 Å². The fourth-order valence-electron chi connectivity index (χ4n) is 10.3. The molecule has 0 N–H and O–H groups in total. The summed E-state index contributed by atoms with van der Waals surface area (Å²) in [5.41, 5.74) is 19.1. The van der Waals surface area contributed by atoms with E-state index in [1.54, 1.807) is 0 Å². The minimum absolute atomic E-state index is 0.529. The van der Waals surface area contributed by atoms with Gasteiger partial charge in [-0.25, -0.2) is 0 Å². The highest BCUT2D eigenvalue weighted by atomic mass is 15.1. The quantitative estimate of drug-likeness (QED) is 0.140. The summed E-state index contributed by atoms with van der Waals surface area (Å²) >= 11 is 0. The Kier molecular flexibility index (Phi) is 10.3. The first kappa shape index (κ1) is 40.1. The first-order valence-corrected chi connectivity index (χ1v) is 23.4. The van der Waals surface area contributed by atoms with E-state index in [1.807, 2.05) is 0 Å². The number of anilines is 3. The minimum atomic E-state index is 0.529. The van der Waals surface area contributed by atoms with Gasteiger partial charge in [-0.15, -0.1) is 0 Å². The number of allylic oxidation sites excluding steroid dienone is 4. The molecule has 11 aromatic rings. The second kappa shape index (κ2) is 17.2. The summed E-state index contributed by atoms with van der Waals surface area (Å²) in [4.78, 5) is 2.40. The zero-order valence-electron chi connectivity index (χ0n) is 37.4. The van der Waals surface area contributed by atoms with E-state index in [0.29, 0.717) is 5.92 Å². The molecule has 1 heterocycles. The van der Waals surface area contributed by atoms with Gasteiger partial charge in [0.15, 0.2) is 0 Å². The molecule has 2 nitrogen and oxygen atoms in total. The molecule has 0 spiro atoms. The highest BCUT2D eigenvalue weighted by Crippen LogP contribution is 2.45.